The van der Waals surface area contributed by atoms with Gasteiger partial charge in [0.05, 0.1) is 0 Å². The number of unbranched alkanes of at least 4 members (excludes halogenated alkanes) is 4. The molecule has 0 heterocycles. The van der Waals surface area contributed by atoms with Crippen molar-refractivity contribution < 1.29 is 36.8 Å². The molecule has 0 fully saturated rings. The van der Waals surface area contributed by atoms with Crippen LogP contribution in [0, 0.1) is 0 Å². The van der Waals surface area contributed by atoms with Gasteiger partial charge in [-0.25, -0.2) is 0 Å². The third-order valence-electron chi connectivity index (χ3n) is 3.35. The normalized spacial score (nSPS) is 12.3. The molecule has 0 saturated heterocycles. The zero-order valence-electron chi connectivity index (χ0n) is 14.1. The first-order valence-corrected chi connectivity index (χ1v) is 10.4. The Morgan fingerprint density at radius 2 is 0.870 bits per heavy atom. The van der Waals surface area contributed by atoms with E-state index < -0.39 is 26.2 Å². The van der Waals surface area contributed by atoms with Gasteiger partial charge in [-0.2, -0.15) is 0 Å². The van der Waals surface area contributed by atoms with E-state index in [0.29, 0.717) is 12.8 Å². The van der Waals surface area contributed by atoms with E-state index in [1.807, 2.05) is 0 Å². The highest BCUT2D eigenvalue weighted by Crippen LogP contribution is 2.49. The van der Waals surface area contributed by atoms with Gasteiger partial charge in [0, 0.05) is 41.3 Å². The Kier molecular flexibility index (Phi) is 11.1. The monoisotopic (exact) mass is 372 g/mol. The quantitative estimate of drug-likeness (QED) is 0.335. The minimum Gasteiger partial charge on any atom is -0.307 e. The van der Waals surface area contributed by atoms with Crippen molar-refractivity contribution in [2.45, 2.75) is 44.9 Å². The summed E-state index contributed by atoms with van der Waals surface area (Å²) in [5.74, 6) is 0. The molecule has 0 aliphatic heterocycles. The topological polar surface area (TPSA) is 105 Å². The van der Waals surface area contributed by atoms with Gasteiger partial charge in [-0.1, -0.05) is 19.3 Å². The van der Waals surface area contributed by atoms with Crippen LogP contribution in [0.4, 0.5) is 0 Å². The largest absolute Gasteiger partial charge is 0.396 e. The zero-order valence-corrected chi connectivity index (χ0v) is 15.9. The molecule has 0 aromatic rings. The average molecular weight is 372 g/mol. The van der Waals surface area contributed by atoms with Gasteiger partial charge < -0.3 is 18.1 Å². The van der Waals surface area contributed by atoms with Gasteiger partial charge in [-0.05, 0) is 12.8 Å². The Hall–Kier alpha value is -0.360. The molecule has 0 aromatic heterocycles. The van der Waals surface area contributed by atoms with Crippen molar-refractivity contribution in [1.82, 2.24) is 0 Å². The Morgan fingerprint density at radius 1 is 0.609 bits per heavy atom. The molecule has 0 spiro atoms. The Morgan fingerprint density at radius 3 is 1.13 bits per heavy atom. The summed E-state index contributed by atoms with van der Waals surface area (Å²) >= 11 is 0. The first-order valence-electron chi connectivity index (χ1n) is 7.29. The molecule has 0 aromatic carbocycles. The number of hydrogen-bond acceptors (Lipinski definition) is 8. The molecule has 0 bridgehead atoms. The summed E-state index contributed by atoms with van der Waals surface area (Å²) in [5.41, 5.74) is -1.06. The van der Waals surface area contributed by atoms with Crippen LogP contribution >= 0.6 is 15.2 Å². The molecule has 0 radical (unpaired) electrons. The molecule has 0 atom stereocenters. The number of carbonyl (C=O) groups is 2. The highest BCUT2D eigenvalue weighted by molar-refractivity contribution is 7.72. The van der Waals surface area contributed by atoms with E-state index in [0.717, 1.165) is 19.3 Å². The van der Waals surface area contributed by atoms with Crippen molar-refractivity contribution in [1.29, 1.82) is 0 Å². The lowest BCUT2D eigenvalue weighted by molar-refractivity contribution is -0.114. The standard InChI is InChI=1S/C13H26O8P2/c1-18-22(16,19-2)12(14)10-8-6-5-7-9-11-13(15)23(17,20-3)21-4/h5-11H2,1-4H3. The molecule has 0 N–H and O–H groups in total. The summed E-state index contributed by atoms with van der Waals surface area (Å²) in [6.45, 7) is 0. The van der Waals surface area contributed by atoms with Gasteiger partial charge in [0.15, 0.2) is 0 Å². The van der Waals surface area contributed by atoms with Gasteiger partial charge in [-0.15, -0.1) is 0 Å². The maximum absolute atomic E-state index is 11.8. The van der Waals surface area contributed by atoms with E-state index >= 15 is 0 Å². The highest BCUT2D eigenvalue weighted by Gasteiger charge is 2.31. The maximum atomic E-state index is 11.8. The number of carbonyl (C=O) groups excluding carboxylic acids is 2. The van der Waals surface area contributed by atoms with E-state index in [4.69, 9.17) is 0 Å². The molecular weight excluding hydrogens is 346 g/mol. The molecule has 10 heteroatoms. The molecule has 0 aliphatic carbocycles. The van der Waals surface area contributed by atoms with Crippen LogP contribution < -0.4 is 0 Å². The lowest BCUT2D eigenvalue weighted by atomic mass is 10.1. The predicted octanol–water partition coefficient (Wildman–Crippen LogP) is 3.74. The van der Waals surface area contributed by atoms with Gasteiger partial charge >= 0.3 is 15.2 Å². The summed E-state index contributed by atoms with van der Waals surface area (Å²) in [5, 5.41) is 0. The second-order valence-electron chi connectivity index (χ2n) is 4.78. The van der Waals surface area contributed by atoms with Crippen molar-refractivity contribution in [3.05, 3.63) is 0 Å². The first kappa shape index (κ1) is 22.6. The lowest BCUT2D eigenvalue weighted by Gasteiger charge is -2.12. The van der Waals surface area contributed by atoms with Crippen LogP contribution in [0.2, 0.25) is 0 Å². The van der Waals surface area contributed by atoms with Crippen LogP contribution in [0.25, 0.3) is 0 Å². The van der Waals surface area contributed by atoms with Gasteiger partial charge in [0.1, 0.15) is 0 Å². The third-order valence-corrected chi connectivity index (χ3v) is 6.95. The van der Waals surface area contributed by atoms with Crippen molar-refractivity contribution in [2.75, 3.05) is 28.4 Å². The van der Waals surface area contributed by atoms with E-state index in [9.17, 15) is 18.7 Å². The van der Waals surface area contributed by atoms with Crippen molar-refractivity contribution in [2.24, 2.45) is 0 Å². The molecule has 0 aliphatic rings. The van der Waals surface area contributed by atoms with Crippen molar-refractivity contribution in [3.8, 4) is 0 Å². The smallest absolute Gasteiger partial charge is 0.307 e. The van der Waals surface area contributed by atoms with Crippen LogP contribution in [0.5, 0.6) is 0 Å². The van der Waals surface area contributed by atoms with Crippen LogP contribution in [-0.4, -0.2) is 39.5 Å². The summed E-state index contributed by atoms with van der Waals surface area (Å²) in [7, 11) is -2.52. The third kappa shape index (κ3) is 7.38. The van der Waals surface area contributed by atoms with E-state index in [1.165, 1.54) is 28.4 Å². The number of hydrogen-bond donors (Lipinski definition) is 0. The van der Waals surface area contributed by atoms with Gasteiger partial charge in [0.2, 0.25) is 11.0 Å². The summed E-state index contributed by atoms with van der Waals surface area (Å²) in [6, 6.07) is 0. The minimum absolute atomic E-state index is 0.125. The average Bonchev–Trinajstić information content (AvgIpc) is 2.58. The second-order valence-corrected chi connectivity index (χ2v) is 9.23. The van der Waals surface area contributed by atoms with E-state index in [-0.39, 0.29) is 12.8 Å². The van der Waals surface area contributed by atoms with Gasteiger partial charge in [0.25, 0.3) is 0 Å². The van der Waals surface area contributed by atoms with Gasteiger partial charge in [-0.3, -0.25) is 18.7 Å². The maximum Gasteiger partial charge on any atom is 0.396 e. The molecule has 0 amide bonds. The van der Waals surface area contributed by atoms with Crippen LogP contribution in [0.1, 0.15) is 44.9 Å². The van der Waals surface area contributed by atoms with E-state index in [2.05, 4.69) is 18.1 Å². The number of rotatable bonds is 14. The molecule has 23 heavy (non-hydrogen) atoms. The molecular formula is C13H26O8P2. The molecule has 136 valence electrons. The fourth-order valence-electron chi connectivity index (χ4n) is 1.91. The lowest BCUT2D eigenvalue weighted by Crippen LogP contribution is -2.04. The van der Waals surface area contributed by atoms with Crippen LogP contribution in [0.15, 0.2) is 0 Å². The molecule has 0 saturated carbocycles. The Labute approximate surface area is 137 Å². The van der Waals surface area contributed by atoms with Crippen LogP contribution in [-0.2, 0) is 36.8 Å². The van der Waals surface area contributed by atoms with Crippen LogP contribution in [0.3, 0.4) is 0 Å². The fraction of sp³-hybridized carbons (Fsp3) is 0.846. The highest BCUT2D eigenvalue weighted by atomic mass is 31.2. The summed E-state index contributed by atoms with van der Waals surface area (Å²) in [4.78, 5) is 23.3. The first-order chi connectivity index (χ1) is 10.8. The fourth-order valence-corrected chi connectivity index (χ4v) is 3.89. The second kappa shape index (κ2) is 11.2. The Balaban J connectivity index is 3.88. The summed E-state index contributed by atoms with van der Waals surface area (Å²) in [6.07, 6.45) is 3.69. The summed E-state index contributed by atoms with van der Waals surface area (Å²) < 4.78 is 42.0. The molecule has 0 rings (SSSR count). The molecule has 8 nitrogen and oxygen atoms in total. The minimum atomic E-state index is -3.61. The van der Waals surface area contributed by atoms with Crippen molar-refractivity contribution >= 4 is 26.2 Å². The van der Waals surface area contributed by atoms with Crippen molar-refractivity contribution in [3.63, 3.8) is 0 Å². The Bertz CT molecular complexity index is 419. The van der Waals surface area contributed by atoms with E-state index in [1.54, 1.807) is 0 Å². The SMILES string of the molecule is COP(=O)(OC)C(=O)CCCCCCCC(=O)P(=O)(OC)OC. The zero-order chi connectivity index (χ0) is 17.9. The predicted molar refractivity (Wildman–Crippen MR) is 85.6 cm³/mol. The molecule has 0 unspecified atom stereocenters.